The first kappa shape index (κ1) is 22.3. The molecular formula is C21H20N2O6S2. The Morgan fingerprint density at radius 1 is 0.871 bits per heavy atom. The molecule has 31 heavy (non-hydrogen) atoms. The minimum absolute atomic E-state index is 0.0128. The summed E-state index contributed by atoms with van der Waals surface area (Å²) in [5.74, 6) is -0.398. The Kier molecular flexibility index (Phi) is 6.62. The molecule has 0 saturated heterocycles. The maximum atomic E-state index is 12.4. The molecule has 0 aromatic heterocycles. The van der Waals surface area contributed by atoms with E-state index >= 15 is 0 Å². The highest BCUT2D eigenvalue weighted by Gasteiger charge is 2.18. The molecule has 0 bridgehead atoms. The zero-order valence-corrected chi connectivity index (χ0v) is 18.1. The van der Waals surface area contributed by atoms with Gasteiger partial charge in [0.05, 0.1) is 5.75 Å². The van der Waals surface area contributed by atoms with Crippen LogP contribution in [-0.4, -0.2) is 22.9 Å². The lowest BCUT2D eigenvalue weighted by atomic mass is 10.2. The molecule has 10 heteroatoms. The highest BCUT2D eigenvalue weighted by molar-refractivity contribution is 7.89. The van der Waals surface area contributed by atoms with Gasteiger partial charge in [0.2, 0.25) is 10.0 Å². The SMILES string of the molecule is Cc1ccc(S(=O)(=O)Oc2cccc(NC(=O)NS(=O)(=O)Cc3ccccc3)c2)cc1. The fraction of sp³-hybridized carbons (Fsp3) is 0.0952. The molecule has 0 aliphatic rings. The molecule has 162 valence electrons. The van der Waals surface area contributed by atoms with Crippen LogP contribution in [0.15, 0.2) is 83.8 Å². The maximum Gasteiger partial charge on any atom is 0.339 e. The van der Waals surface area contributed by atoms with Crippen molar-refractivity contribution in [1.29, 1.82) is 0 Å². The Bertz CT molecular complexity index is 1270. The van der Waals surface area contributed by atoms with Gasteiger partial charge >= 0.3 is 16.1 Å². The van der Waals surface area contributed by atoms with Crippen LogP contribution >= 0.6 is 0 Å². The van der Waals surface area contributed by atoms with Crippen LogP contribution in [0, 0.1) is 6.92 Å². The van der Waals surface area contributed by atoms with E-state index < -0.39 is 26.2 Å². The van der Waals surface area contributed by atoms with Gasteiger partial charge < -0.3 is 9.50 Å². The molecule has 0 spiro atoms. The third kappa shape index (κ3) is 6.56. The van der Waals surface area contributed by atoms with E-state index in [0.29, 0.717) is 5.56 Å². The first-order valence-electron chi connectivity index (χ1n) is 9.10. The lowest BCUT2D eigenvalue weighted by Crippen LogP contribution is -2.35. The van der Waals surface area contributed by atoms with E-state index in [0.717, 1.165) is 5.56 Å². The number of hydrogen-bond donors (Lipinski definition) is 2. The highest BCUT2D eigenvalue weighted by Crippen LogP contribution is 2.22. The number of carbonyl (C=O) groups excluding carboxylic acids is 1. The van der Waals surface area contributed by atoms with Gasteiger partial charge in [-0.05, 0) is 36.8 Å². The number of sulfonamides is 1. The van der Waals surface area contributed by atoms with Crippen molar-refractivity contribution in [3.05, 3.63) is 90.0 Å². The van der Waals surface area contributed by atoms with Gasteiger partial charge in [-0.25, -0.2) is 17.9 Å². The number of amides is 2. The predicted molar refractivity (Wildman–Crippen MR) is 117 cm³/mol. The Labute approximate surface area is 181 Å². The second-order valence-electron chi connectivity index (χ2n) is 6.68. The first-order valence-corrected chi connectivity index (χ1v) is 12.2. The van der Waals surface area contributed by atoms with Crippen LogP contribution in [0.2, 0.25) is 0 Å². The largest absolute Gasteiger partial charge is 0.379 e. The number of benzene rings is 3. The van der Waals surface area contributed by atoms with E-state index in [1.807, 2.05) is 11.6 Å². The summed E-state index contributed by atoms with van der Waals surface area (Å²) in [6.07, 6.45) is 0. The zero-order valence-electron chi connectivity index (χ0n) is 16.5. The molecule has 8 nitrogen and oxygen atoms in total. The average molecular weight is 461 g/mol. The van der Waals surface area contributed by atoms with E-state index in [2.05, 4.69) is 5.32 Å². The number of aryl methyl sites for hydroxylation is 1. The molecule has 0 atom stereocenters. The Hall–Kier alpha value is -3.37. The van der Waals surface area contributed by atoms with Gasteiger partial charge in [0.15, 0.2) is 0 Å². The first-order chi connectivity index (χ1) is 14.6. The van der Waals surface area contributed by atoms with Crippen molar-refractivity contribution in [2.75, 3.05) is 5.32 Å². The highest BCUT2D eigenvalue weighted by atomic mass is 32.2. The van der Waals surface area contributed by atoms with Crippen molar-refractivity contribution < 1.29 is 25.8 Å². The number of rotatable bonds is 7. The Balaban J connectivity index is 1.66. The summed E-state index contributed by atoms with van der Waals surface area (Å²) >= 11 is 0. The minimum Gasteiger partial charge on any atom is -0.379 e. The molecule has 3 aromatic carbocycles. The quantitative estimate of drug-likeness (QED) is 0.522. The van der Waals surface area contributed by atoms with Gasteiger partial charge in [-0.2, -0.15) is 8.42 Å². The maximum absolute atomic E-state index is 12.4. The summed E-state index contributed by atoms with van der Waals surface area (Å²) in [7, 11) is -7.98. The zero-order chi connectivity index (χ0) is 22.5. The van der Waals surface area contributed by atoms with Crippen molar-refractivity contribution in [3.63, 3.8) is 0 Å². The summed E-state index contributed by atoms with van der Waals surface area (Å²) in [6, 6.07) is 19.2. The van der Waals surface area contributed by atoms with Crippen LogP contribution in [0.5, 0.6) is 5.75 Å². The molecule has 0 unspecified atom stereocenters. The number of anilines is 1. The number of hydrogen-bond acceptors (Lipinski definition) is 6. The van der Waals surface area contributed by atoms with Gasteiger partial charge in [-0.3, -0.25) is 0 Å². The van der Waals surface area contributed by atoms with Crippen molar-refractivity contribution in [3.8, 4) is 5.75 Å². The molecule has 0 heterocycles. The van der Waals surface area contributed by atoms with Crippen molar-refractivity contribution in [1.82, 2.24) is 4.72 Å². The van der Waals surface area contributed by atoms with Gasteiger partial charge in [-0.1, -0.05) is 54.1 Å². The van der Waals surface area contributed by atoms with Crippen molar-refractivity contribution >= 4 is 31.9 Å². The van der Waals surface area contributed by atoms with E-state index in [9.17, 15) is 21.6 Å². The van der Waals surface area contributed by atoms with Crippen LogP contribution in [-0.2, 0) is 25.9 Å². The molecule has 2 N–H and O–H groups in total. The third-order valence-corrected chi connectivity index (χ3v) is 6.53. The van der Waals surface area contributed by atoms with Crippen molar-refractivity contribution in [2.24, 2.45) is 0 Å². The molecular weight excluding hydrogens is 440 g/mol. The fourth-order valence-corrected chi connectivity index (χ4v) is 4.59. The summed E-state index contributed by atoms with van der Waals surface area (Å²) in [5, 5.41) is 2.35. The number of urea groups is 1. The van der Waals surface area contributed by atoms with E-state index in [1.54, 1.807) is 42.5 Å². The lowest BCUT2D eigenvalue weighted by molar-refractivity contribution is 0.256. The molecule has 0 saturated carbocycles. The number of nitrogens with one attached hydrogen (secondary N) is 2. The molecule has 3 rings (SSSR count). The summed E-state index contributed by atoms with van der Waals surface area (Å²) in [4.78, 5) is 12.1. The predicted octanol–water partition coefficient (Wildman–Crippen LogP) is 3.41. The van der Waals surface area contributed by atoms with Gasteiger partial charge in [-0.15, -0.1) is 0 Å². The normalized spacial score (nSPS) is 11.5. The summed E-state index contributed by atoms with van der Waals surface area (Å²) in [5.41, 5.74) is 1.59. The van der Waals surface area contributed by atoms with Crippen LogP contribution in [0.4, 0.5) is 10.5 Å². The molecule has 0 fully saturated rings. The monoisotopic (exact) mass is 460 g/mol. The number of carbonyl (C=O) groups is 1. The molecule has 0 aliphatic carbocycles. The summed E-state index contributed by atoms with van der Waals surface area (Å²) < 4.78 is 56.2. The second kappa shape index (κ2) is 9.19. The second-order valence-corrected chi connectivity index (χ2v) is 9.95. The van der Waals surface area contributed by atoms with Crippen molar-refractivity contribution in [2.45, 2.75) is 17.6 Å². The van der Waals surface area contributed by atoms with E-state index in [-0.39, 0.29) is 22.1 Å². The topological polar surface area (TPSA) is 119 Å². The molecule has 0 aliphatic heterocycles. The van der Waals surface area contributed by atoms with Crippen LogP contribution in [0.1, 0.15) is 11.1 Å². The standard InChI is InChI=1S/C21H20N2O6S2/c1-16-10-12-20(13-11-16)31(27,28)29-19-9-5-8-18(14-19)22-21(24)23-30(25,26)15-17-6-3-2-4-7-17/h2-14H,15H2,1H3,(H2,22,23,24). The molecule has 2 amide bonds. The van der Waals surface area contributed by atoms with Gasteiger partial charge in [0.1, 0.15) is 10.6 Å². The minimum atomic E-state index is -4.06. The average Bonchev–Trinajstić information content (AvgIpc) is 2.68. The van der Waals surface area contributed by atoms with Gasteiger partial charge in [0.25, 0.3) is 0 Å². The molecule has 3 aromatic rings. The summed E-state index contributed by atoms with van der Waals surface area (Å²) in [6.45, 7) is 1.83. The van der Waals surface area contributed by atoms with Crippen LogP contribution in [0.25, 0.3) is 0 Å². The van der Waals surface area contributed by atoms with E-state index in [1.165, 1.54) is 36.4 Å². The van der Waals surface area contributed by atoms with E-state index in [4.69, 9.17) is 4.18 Å². The van der Waals surface area contributed by atoms with Gasteiger partial charge in [0, 0.05) is 11.8 Å². The van der Waals surface area contributed by atoms with Crippen LogP contribution in [0.3, 0.4) is 0 Å². The Morgan fingerprint density at radius 2 is 1.55 bits per heavy atom. The fourth-order valence-electron chi connectivity index (χ4n) is 2.63. The third-order valence-electron chi connectivity index (χ3n) is 4.06. The van der Waals surface area contributed by atoms with Crippen LogP contribution < -0.4 is 14.2 Å². The lowest BCUT2D eigenvalue weighted by Gasteiger charge is -2.11. The molecule has 0 radical (unpaired) electrons. The smallest absolute Gasteiger partial charge is 0.339 e. The Morgan fingerprint density at radius 3 is 2.23 bits per heavy atom.